The number of nitrogens with zero attached hydrogens (tertiary/aromatic N) is 1. The van der Waals surface area contributed by atoms with Crippen LogP contribution < -0.4 is 0 Å². The van der Waals surface area contributed by atoms with Crippen LogP contribution in [0.2, 0.25) is 0 Å². The Morgan fingerprint density at radius 3 is 2.57 bits per heavy atom. The Bertz CT molecular complexity index is 629. The molecule has 4 aliphatic rings. The maximum absolute atomic E-state index is 14.5. The largest absolute Gasteiger partial charge is 0.272 e. The average molecular weight is 289 g/mol. The zero-order valence-corrected chi connectivity index (χ0v) is 11.7. The maximum atomic E-state index is 14.5. The van der Waals surface area contributed by atoms with Gasteiger partial charge >= 0.3 is 0 Å². The molecule has 0 spiro atoms. The number of halogens is 2. The Labute approximate surface area is 122 Å². The second-order valence-electron chi connectivity index (χ2n) is 6.98. The number of carbonyl (C=O) groups is 1. The van der Waals surface area contributed by atoms with E-state index in [-0.39, 0.29) is 11.8 Å². The van der Waals surface area contributed by atoms with Gasteiger partial charge in [0.15, 0.2) is 0 Å². The highest BCUT2D eigenvalue weighted by atomic mass is 19.3. The molecule has 1 aromatic carbocycles. The number of benzene rings is 1. The van der Waals surface area contributed by atoms with Gasteiger partial charge in [-0.2, -0.15) is 0 Å². The van der Waals surface area contributed by atoms with Gasteiger partial charge < -0.3 is 0 Å². The lowest BCUT2D eigenvalue weighted by Gasteiger charge is -2.42. The van der Waals surface area contributed by atoms with Gasteiger partial charge in [-0.25, -0.2) is 13.8 Å². The fourth-order valence-electron chi connectivity index (χ4n) is 5.40. The summed E-state index contributed by atoms with van der Waals surface area (Å²) in [5, 5.41) is 0. The minimum atomic E-state index is -2.74. The van der Waals surface area contributed by atoms with E-state index in [0.717, 1.165) is 5.56 Å². The van der Waals surface area contributed by atoms with E-state index in [9.17, 15) is 13.6 Å². The van der Waals surface area contributed by atoms with E-state index in [4.69, 9.17) is 0 Å². The van der Waals surface area contributed by atoms with Crippen LogP contribution in [0.1, 0.15) is 31.2 Å². The molecule has 4 atom stereocenters. The second kappa shape index (κ2) is 3.79. The lowest BCUT2D eigenvalue weighted by Crippen LogP contribution is -2.41. The molecule has 1 amide bonds. The molecule has 4 fully saturated rings. The van der Waals surface area contributed by atoms with E-state index in [1.54, 1.807) is 0 Å². The zero-order chi connectivity index (χ0) is 14.9. The minimum Gasteiger partial charge on any atom is -0.272 e. The molecule has 0 aliphatic heterocycles. The van der Waals surface area contributed by atoms with Crippen molar-refractivity contribution in [3.63, 3.8) is 0 Å². The first-order chi connectivity index (χ1) is 9.95. The topological polar surface area (TPSA) is 29.4 Å². The molecule has 4 saturated carbocycles. The number of rotatable bonds is 2. The van der Waals surface area contributed by atoms with E-state index in [0.29, 0.717) is 19.3 Å². The highest BCUT2D eigenvalue weighted by molar-refractivity contribution is 5.88. The van der Waals surface area contributed by atoms with Gasteiger partial charge in [-0.1, -0.05) is 30.3 Å². The van der Waals surface area contributed by atoms with Crippen molar-refractivity contribution in [1.82, 2.24) is 0 Å². The lowest BCUT2D eigenvalue weighted by molar-refractivity contribution is -0.134. The minimum absolute atomic E-state index is 0.275. The van der Waals surface area contributed by atoms with Crippen LogP contribution in [0.25, 0.3) is 0 Å². The molecule has 21 heavy (non-hydrogen) atoms. The standard InChI is InChI=1S/C17H17F2NO/c1-20-14(21)16-8-12-7-15(10-16,9-13(16)17(12,18)19)11-5-3-2-4-6-11/h2-6,12-13H,1,7-10H2. The van der Waals surface area contributed by atoms with Crippen molar-refractivity contribution >= 4 is 12.6 Å². The summed E-state index contributed by atoms with van der Waals surface area (Å²) >= 11 is 0. The molecule has 4 heteroatoms. The first-order valence-corrected chi connectivity index (χ1v) is 7.39. The monoisotopic (exact) mass is 289 g/mol. The second-order valence-corrected chi connectivity index (χ2v) is 6.98. The molecule has 4 bridgehead atoms. The lowest BCUT2D eigenvalue weighted by atomic mass is 9.63. The summed E-state index contributed by atoms with van der Waals surface area (Å²) in [7, 11) is 0. The molecule has 110 valence electrons. The molecule has 0 heterocycles. The van der Waals surface area contributed by atoms with E-state index < -0.39 is 29.1 Å². The Morgan fingerprint density at radius 2 is 1.90 bits per heavy atom. The van der Waals surface area contributed by atoms with E-state index in [1.807, 2.05) is 30.3 Å². The van der Waals surface area contributed by atoms with E-state index >= 15 is 0 Å². The van der Waals surface area contributed by atoms with Gasteiger partial charge in [-0.15, -0.1) is 0 Å². The van der Waals surface area contributed by atoms with E-state index in [2.05, 4.69) is 11.7 Å². The summed E-state index contributed by atoms with van der Waals surface area (Å²) in [6.07, 6.45) is 1.64. The third-order valence-corrected chi connectivity index (χ3v) is 6.13. The van der Waals surface area contributed by atoms with E-state index in [1.165, 1.54) is 0 Å². The van der Waals surface area contributed by atoms with Gasteiger partial charge in [0.2, 0.25) is 0 Å². The fraction of sp³-hybridized carbons (Fsp3) is 0.529. The Hall–Kier alpha value is -1.58. The maximum Gasteiger partial charge on any atom is 0.254 e. The molecular formula is C17H17F2NO. The first-order valence-electron chi connectivity index (χ1n) is 7.39. The third-order valence-electron chi connectivity index (χ3n) is 6.13. The Balaban J connectivity index is 1.85. The quantitative estimate of drug-likeness (QED) is 0.765. The number of carbonyl (C=O) groups excluding carboxylic acids is 1. The Kier molecular flexibility index (Phi) is 2.36. The SMILES string of the molecule is C=NC(=O)C12CC3CC(c4ccccc4)(CC1C3(F)F)C2. The summed E-state index contributed by atoms with van der Waals surface area (Å²) in [5.74, 6) is -4.74. The summed E-state index contributed by atoms with van der Waals surface area (Å²) in [6, 6.07) is 9.82. The molecule has 0 radical (unpaired) electrons. The van der Waals surface area contributed by atoms with Crippen LogP contribution in [0, 0.1) is 17.3 Å². The van der Waals surface area contributed by atoms with Gasteiger partial charge in [0.25, 0.3) is 11.8 Å². The van der Waals surface area contributed by atoms with Crippen LogP contribution in [-0.2, 0) is 10.2 Å². The molecule has 1 aromatic rings. The normalized spacial score (nSPS) is 42.2. The zero-order valence-electron chi connectivity index (χ0n) is 11.7. The van der Waals surface area contributed by atoms with Crippen molar-refractivity contribution in [3.8, 4) is 0 Å². The number of amides is 1. The summed E-state index contributed by atoms with van der Waals surface area (Å²) < 4.78 is 29.1. The van der Waals surface area contributed by atoms with Crippen molar-refractivity contribution in [2.24, 2.45) is 22.2 Å². The summed E-state index contributed by atoms with van der Waals surface area (Å²) in [6.45, 7) is 3.30. The molecule has 2 nitrogen and oxygen atoms in total. The van der Waals surface area contributed by atoms with Gasteiger partial charge in [0.1, 0.15) is 0 Å². The first kappa shape index (κ1) is 13.1. The van der Waals surface area contributed by atoms with Crippen LogP contribution in [0.5, 0.6) is 0 Å². The van der Waals surface area contributed by atoms with Crippen LogP contribution in [0.15, 0.2) is 35.3 Å². The summed E-state index contributed by atoms with van der Waals surface area (Å²) in [5.41, 5.74) is -0.171. The molecule has 4 unspecified atom stereocenters. The number of alkyl halides is 2. The van der Waals surface area contributed by atoms with Crippen LogP contribution >= 0.6 is 0 Å². The number of aliphatic imine (C=N–C) groups is 1. The number of hydrogen-bond acceptors (Lipinski definition) is 1. The highest BCUT2D eigenvalue weighted by Gasteiger charge is 2.77. The molecule has 5 rings (SSSR count). The molecule has 0 N–H and O–H groups in total. The average Bonchev–Trinajstić information content (AvgIpc) is 2.84. The molecule has 4 aliphatic carbocycles. The highest BCUT2D eigenvalue weighted by Crippen LogP contribution is 2.75. The van der Waals surface area contributed by atoms with Gasteiger partial charge in [0, 0.05) is 11.8 Å². The third kappa shape index (κ3) is 1.41. The summed E-state index contributed by atoms with van der Waals surface area (Å²) in [4.78, 5) is 15.8. The van der Waals surface area contributed by atoms with Crippen molar-refractivity contribution in [1.29, 1.82) is 0 Å². The van der Waals surface area contributed by atoms with Crippen LogP contribution in [0.4, 0.5) is 8.78 Å². The van der Waals surface area contributed by atoms with Crippen molar-refractivity contribution in [2.45, 2.75) is 37.0 Å². The fourth-order valence-corrected chi connectivity index (χ4v) is 5.40. The van der Waals surface area contributed by atoms with Gasteiger partial charge in [0.05, 0.1) is 5.41 Å². The Morgan fingerprint density at radius 1 is 1.19 bits per heavy atom. The number of hydrogen-bond donors (Lipinski definition) is 0. The van der Waals surface area contributed by atoms with Crippen LogP contribution in [0.3, 0.4) is 0 Å². The predicted octanol–water partition coefficient (Wildman–Crippen LogP) is 3.61. The molecule has 0 saturated heterocycles. The van der Waals surface area contributed by atoms with Gasteiger partial charge in [-0.3, -0.25) is 4.79 Å². The molecule has 0 aromatic heterocycles. The van der Waals surface area contributed by atoms with Gasteiger partial charge in [-0.05, 0) is 43.4 Å². The predicted molar refractivity (Wildman–Crippen MR) is 75.5 cm³/mol. The van der Waals surface area contributed by atoms with Crippen molar-refractivity contribution < 1.29 is 13.6 Å². The van der Waals surface area contributed by atoms with Crippen molar-refractivity contribution in [3.05, 3.63) is 35.9 Å². The van der Waals surface area contributed by atoms with Crippen molar-refractivity contribution in [2.75, 3.05) is 0 Å². The molecular weight excluding hydrogens is 272 g/mol. The smallest absolute Gasteiger partial charge is 0.254 e. The van der Waals surface area contributed by atoms with Crippen LogP contribution in [-0.4, -0.2) is 18.5 Å².